The highest BCUT2D eigenvalue weighted by molar-refractivity contribution is 5.83. The van der Waals surface area contributed by atoms with E-state index in [0.29, 0.717) is 6.04 Å². The fraction of sp³-hybridized carbons (Fsp3) is 0.333. The van der Waals surface area contributed by atoms with Crippen molar-refractivity contribution in [3.8, 4) is 0 Å². The molecule has 0 aromatic heterocycles. The van der Waals surface area contributed by atoms with Gasteiger partial charge in [0.05, 0.1) is 0 Å². The van der Waals surface area contributed by atoms with E-state index < -0.39 is 0 Å². The predicted molar refractivity (Wildman–Crippen MR) is 84.5 cm³/mol. The smallest absolute Gasteiger partial charge is 0.0292 e. The van der Waals surface area contributed by atoms with Crippen LogP contribution in [-0.2, 0) is 6.42 Å². The molecule has 0 heterocycles. The molecule has 0 bridgehead atoms. The minimum Gasteiger partial charge on any atom is -0.310 e. The number of nitrogens with one attached hydrogen (secondary N) is 1. The van der Waals surface area contributed by atoms with Gasteiger partial charge < -0.3 is 5.32 Å². The van der Waals surface area contributed by atoms with Gasteiger partial charge in [0.15, 0.2) is 0 Å². The fourth-order valence-electron chi connectivity index (χ4n) is 2.47. The third-order valence-corrected chi connectivity index (χ3v) is 3.27. The Hall–Kier alpha value is -1.60. The second-order valence-electron chi connectivity index (χ2n) is 5.29. The van der Waals surface area contributed by atoms with Gasteiger partial charge >= 0.3 is 0 Å². The van der Waals surface area contributed by atoms with E-state index in [-0.39, 0.29) is 0 Å². The lowest BCUT2D eigenvalue weighted by molar-refractivity contribution is 0.609. The van der Waals surface area contributed by atoms with Crippen LogP contribution in [-0.4, -0.2) is 12.6 Å². The van der Waals surface area contributed by atoms with E-state index in [2.05, 4.69) is 74.6 Å². The lowest BCUT2D eigenvalue weighted by atomic mass is 10.0. The standard InChI is InChI=1S/C18H23N/c1-4-19-18(11-14(2)3)13-15-9-10-16-7-5-6-8-17(16)12-15/h5-12,18-19H,4,13H2,1-3H3. The number of likely N-dealkylation sites (N-methyl/N-ethyl adjacent to an activating group) is 1. The Morgan fingerprint density at radius 2 is 1.84 bits per heavy atom. The zero-order valence-electron chi connectivity index (χ0n) is 12.1. The van der Waals surface area contributed by atoms with Crippen molar-refractivity contribution in [1.29, 1.82) is 0 Å². The summed E-state index contributed by atoms with van der Waals surface area (Å²) in [6.45, 7) is 7.48. The van der Waals surface area contributed by atoms with E-state index in [1.54, 1.807) is 0 Å². The van der Waals surface area contributed by atoms with Crippen LogP contribution in [0.1, 0.15) is 26.3 Å². The Morgan fingerprint density at radius 3 is 2.53 bits per heavy atom. The molecule has 2 aromatic rings. The number of benzene rings is 2. The zero-order valence-corrected chi connectivity index (χ0v) is 12.1. The van der Waals surface area contributed by atoms with Crippen LogP contribution in [0.15, 0.2) is 54.1 Å². The molecule has 2 rings (SSSR count). The summed E-state index contributed by atoms with van der Waals surface area (Å²) in [5.41, 5.74) is 2.76. The number of rotatable bonds is 5. The van der Waals surface area contributed by atoms with Crippen molar-refractivity contribution < 1.29 is 0 Å². The Bertz CT molecular complexity index is 565. The van der Waals surface area contributed by atoms with Crippen LogP contribution >= 0.6 is 0 Å². The minimum atomic E-state index is 0.427. The van der Waals surface area contributed by atoms with E-state index in [1.165, 1.54) is 21.9 Å². The largest absolute Gasteiger partial charge is 0.310 e. The summed E-state index contributed by atoms with van der Waals surface area (Å²) in [7, 11) is 0. The van der Waals surface area contributed by atoms with Gasteiger partial charge in [0, 0.05) is 6.04 Å². The molecule has 0 spiro atoms. The molecule has 19 heavy (non-hydrogen) atoms. The molecule has 1 heteroatoms. The van der Waals surface area contributed by atoms with Crippen LogP contribution in [0.2, 0.25) is 0 Å². The number of hydrogen-bond donors (Lipinski definition) is 1. The van der Waals surface area contributed by atoms with Crippen LogP contribution in [0, 0.1) is 0 Å². The van der Waals surface area contributed by atoms with Gasteiger partial charge in [0.25, 0.3) is 0 Å². The van der Waals surface area contributed by atoms with Gasteiger partial charge in [-0.15, -0.1) is 0 Å². The van der Waals surface area contributed by atoms with E-state index in [9.17, 15) is 0 Å². The first kappa shape index (κ1) is 13.8. The molecule has 1 unspecified atom stereocenters. The Morgan fingerprint density at radius 1 is 1.11 bits per heavy atom. The van der Waals surface area contributed by atoms with Crippen molar-refractivity contribution in [3.05, 3.63) is 59.7 Å². The number of fused-ring (bicyclic) bond motifs is 1. The SMILES string of the molecule is CCNC(C=C(C)C)Cc1ccc2ccccc2c1. The van der Waals surface area contributed by atoms with E-state index in [0.717, 1.165) is 13.0 Å². The quantitative estimate of drug-likeness (QED) is 0.782. The van der Waals surface area contributed by atoms with E-state index >= 15 is 0 Å². The van der Waals surface area contributed by atoms with Gasteiger partial charge in [-0.25, -0.2) is 0 Å². The van der Waals surface area contributed by atoms with Gasteiger partial charge in [0.1, 0.15) is 0 Å². The normalized spacial score (nSPS) is 12.4. The molecular weight excluding hydrogens is 230 g/mol. The summed E-state index contributed by atoms with van der Waals surface area (Å²) in [6.07, 6.45) is 3.36. The first-order chi connectivity index (χ1) is 9.19. The molecule has 100 valence electrons. The summed E-state index contributed by atoms with van der Waals surface area (Å²) >= 11 is 0. The first-order valence-corrected chi connectivity index (χ1v) is 7.05. The molecule has 0 fully saturated rings. The van der Waals surface area contributed by atoms with Crippen molar-refractivity contribution in [2.45, 2.75) is 33.2 Å². The van der Waals surface area contributed by atoms with Gasteiger partial charge in [-0.05, 0) is 43.1 Å². The maximum atomic E-state index is 3.53. The van der Waals surface area contributed by atoms with Crippen LogP contribution in [0.5, 0.6) is 0 Å². The minimum absolute atomic E-state index is 0.427. The molecule has 0 radical (unpaired) electrons. The van der Waals surface area contributed by atoms with Gasteiger partial charge in [-0.3, -0.25) is 0 Å². The zero-order chi connectivity index (χ0) is 13.7. The molecule has 0 saturated heterocycles. The number of allylic oxidation sites excluding steroid dienone is 1. The Kier molecular flexibility index (Phi) is 4.75. The first-order valence-electron chi connectivity index (χ1n) is 7.05. The summed E-state index contributed by atoms with van der Waals surface area (Å²) in [5, 5.41) is 6.17. The third kappa shape index (κ3) is 3.93. The Balaban J connectivity index is 2.21. The maximum absolute atomic E-state index is 3.53. The highest BCUT2D eigenvalue weighted by atomic mass is 14.9. The Labute approximate surface area is 116 Å². The fourth-order valence-corrected chi connectivity index (χ4v) is 2.47. The van der Waals surface area contributed by atoms with E-state index in [4.69, 9.17) is 0 Å². The van der Waals surface area contributed by atoms with Crippen molar-refractivity contribution in [2.24, 2.45) is 0 Å². The van der Waals surface area contributed by atoms with Crippen LogP contribution in [0.3, 0.4) is 0 Å². The van der Waals surface area contributed by atoms with Gasteiger partial charge in [0.2, 0.25) is 0 Å². The summed E-state index contributed by atoms with van der Waals surface area (Å²) in [6, 6.07) is 15.7. The average Bonchev–Trinajstić information content (AvgIpc) is 2.38. The molecule has 2 aromatic carbocycles. The van der Waals surface area contributed by atoms with Crippen molar-refractivity contribution in [2.75, 3.05) is 6.54 Å². The molecule has 0 saturated carbocycles. The topological polar surface area (TPSA) is 12.0 Å². The maximum Gasteiger partial charge on any atom is 0.0292 e. The van der Waals surface area contributed by atoms with Gasteiger partial charge in [-0.1, -0.05) is 61.0 Å². The molecular formula is C18H23N. The molecule has 1 atom stereocenters. The predicted octanol–water partition coefficient (Wildman–Crippen LogP) is 4.33. The highest BCUT2D eigenvalue weighted by Gasteiger charge is 2.05. The van der Waals surface area contributed by atoms with Gasteiger partial charge in [-0.2, -0.15) is 0 Å². The van der Waals surface area contributed by atoms with Crippen LogP contribution in [0.25, 0.3) is 10.8 Å². The molecule has 0 aliphatic heterocycles. The van der Waals surface area contributed by atoms with Crippen LogP contribution < -0.4 is 5.32 Å². The average molecular weight is 253 g/mol. The molecule has 0 amide bonds. The lowest BCUT2D eigenvalue weighted by Gasteiger charge is -2.15. The summed E-state index contributed by atoms with van der Waals surface area (Å²) < 4.78 is 0. The second kappa shape index (κ2) is 6.53. The van der Waals surface area contributed by atoms with Crippen molar-refractivity contribution >= 4 is 10.8 Å². The third-order valence-electron chi connectivity index (χ3n) is 3.27. The molecule has 0 aliphatic rings. The van der Waals surface area contributed by atoms with Crippen LogP contribution in [0.4, 0.5) is 0 Å². The molecule has 0 aliphatic carbocycles. The van der Waals surface area contributed by atoms with Crippen molar-refractivity contribution in [1.82, 2.24) is 5.32 Å². The highest BCUT2D eigenvalue weighted by Crippen LogP contribution is 2.17. The lowest BCUT2D eigenvalue weighted by Crippen LogP contribution is -2.29. The molecule has 1 N–H and O–H groups in total. The van der Waals surface area contributed by atoms with Crippen molar-refractivity contribution in [3.63, 3.8) is 0 Å². The number of hydrogen-bond acceptors (Lipinski definition) is 1. The van der Waals surface area contributed by atoms with E-state index in [1.807, 2.05) is 0 Å². The summed E-state index contributed by atoms with van der Waals surface area (Å²) in [5.74, 6) is 0. The summed E-state index contributed by atoms with van der Waals surface area (Å²) in [4.78, 5) is 0. The molecule has 1 nitrogen and oxygen atoms in total. The monoisotopic (exact) mass is 253 g/mol. The second-order valence-corrected chi connectivity index (χ2v) is 5.29.